The summed E-state index contributed by atoms with van der Waals surface area (Å²) in [5.74, 6) is -5.00. The van der Waals surface area contributed by atoms with Gasteiger partial charge in [-0.05, 0) is 51.4 Å². The van der Waals surface area contributed by atoms with E-state index in [1.807, 2.05) is 13.8 Å². The van der Waals surface area contributed by atoms with Crippen LogP contribution in [0.15, 0.2) is 12.2 Å². The maximum atomic E-state index is 12.0. The van der Waals surface area contributed by atoms with Gasteiger partial charge in [0.2, 0.25) is 0 Å². The van der Waals surface area contributed by atoms with Gasteiger partial charge in [-0.15, -0.1) is 0 Å². The largest absolute Gasteiger partial charge is 0.550 e. The topological polar surface area (TPSA) is 115 Å². The minimum Gasteiger partial charge on any atom is -0.550 e. The number of rotatable bonds is 33. The van der Waals surface area contributed by atoms with Crippen LogP contribution in [-0.4, -0.2) is 58.8 Å². The summed E-state index contributed by atoms with van der Waals surface area (Å²) in [5, 5.41) is 31.5. The van der Waals surface area contributed by atoms with E-state index in [-0.39, 0.29) is 24.1 Å². The smallest absolute Gasteiger partial charge is 0.312 e. The van der Waals surface area contributed by atoms with Gasteiger partial charge in [0.15, 0.2) is 0 Å². The Balaban J connectivity index is 4.55. The number of carboxylic acid groups (broad SMARTS) is 3. The molecule has 0 saturated carbocycles. The van der Waals surface area contributed by atoms with Crippen molar-refractivity contribution in [2.45, 2.75) is 169 Å². The average Bonchev–Trinajstić information content (AvgIpc) is 3.01. The van der Waals surface area contributed by atoms with Crippen LogP contribution >= 0.6 is 0 Å². The molecule has 0 fully saturated rings. The SMILES string of the molecule is CCCCCCCCCCCCCCCCC/C=C/CCCC[N+](CC(CC)C(=O)[O-])(CC(CC)C(=O)O)CC(CC)C(=O)O. The van der Waals surface area contributed by atoms with Gasteiger partial charge >= 0.3 is 11.9 Å². The zero-order chi connectivity index (χ0) is 33.8. The molecule has 0 aliphatic rings. The van der Waals surface area contributed by atoms with Crippen molar-refractivity contribution < 1.29 is 34.2 Å². The van der Waals surface area contributed by atoms with Crippen LogP contribution in [0.25, 0.3) is 0 Å². The molecular weight excluding hydrogens is 566 g/mol. The van der Waals surface area contributed by atoms with Crippen molar-refractivity contribution in [1.29, 1.82) is 0 Å². The van der Waals surface area contributed by atoms with Crippen LogP contribution in [0.1, 0.15) is 169 Å². The van der Waals surface area contributed by atoms with Gasteiger partial charge in [-0.25, -0.2) is 0 Å². The summed E-state index contributed by atoms with van der Waals surface area (Å²) in [4.78, 5) is 35.9. The van der Waals surface area contributed by atoms with Crippen molar-refractivity contribution >= 4 is 17.9 Å². The molecule has 7 heteroatoms. The first kappa shape index (κ1) is 43.1. The molecule has 264 valence electrons. The van der Waals surface area contributed by atoms with E-state index in [0.29, 0.717) is 25.8 Å². The van der Waals surface area contributed by atoms with Gasteiger partial charge in [-0.2, -0.15) is 0 Å². The zero-order valence-corrected chi connectivity index (χ0v) is 29.7. The van der Waals surface area contributed by atoms with Crippen LogP contribution in [-0.2, 0) is 14.4 Å². The number of carboxylic acids is 3. The second kappa shape index (κ2) is 28.3. The third kappa shape index (κ3) is 22.3. The van der Waals surface area contributed by atoms with E-state index in [1.165, 1.54) is 96.3 Å². The second-order valence-electron chi connectivity index (χ2n) is 13.6. The monoisotopic (exact) mass is 638 g/mol. The summed E-state index contributed by atoms with van der Waals surface area (Å²) in [6, 6.07) is 0. The second-order valence-corrected chi connectivity index (χ2v) is 13.6. The van der Waals surface area contributed by atoms with Crippen molar-refractivity contribution in [3.63, 3.8) is 0 Å². The summed E-state index contributed by atoms with van der Waals surface area (Å²) < 4.78 is 0.199. The normalized spacial score (nSPS) is 15.1. The molecule has 0 aliphatic carbocycles. The lowest BCUT2D eigenvalue weighted by Crippen LogP contribution is -2.59. The Morgan fingerprint density at radius 2 is 0.867 bits per heavy atom. The highest BCUT2D eigenvalue weighted by Gasteiger charge is 2.39. The van der Waals surface area contributed by atoms with Crippen LogP contribution < -0.4 is 5.11 Å². The van der Waals surface area contributed by atoms with Crippen molar-refractivity contribution in [2.75, 3.05) is 26.2 Å². The van der Waals surface area contributed by atoms with Crippen molar-refractivity contribution in [3.05, 3.63) is 12.2 Å². The van der Waals surface area contributed by atoms with Crippen LogP contribution in [0.2, 0.25) is 0 Å². The van der Waals surface area contributed by atoms with Gasteiger partial charge in [0.25, 0.3) is 0 Å². The summed E-state index contributed by atoms with van der Waals surface area (Å²) in [6.45, 7) is 8.98. The van der Waals surface area contributed by atoms with E-state index < -0.39 is 35.7 Å². The molecule has 7 nitrogen and oxygen atoms in total. The Morgan fingerprint density at radius 3 is 1.20 bits per heavy atom. The number of hydrogen-bond acceptors (Lipinski definition) is 4. The molecule has 0 radical (unpaired) electrons. The molecule has 0 heterocycles. The Labute approximate surface area is 276 Å². The molecule has 0 rings (SSSR count). The third-order valence-electron chi connectivity index (χ3n) is 9.73. The summed E-state index contributed by atoms with van der Waals surface area (Å²) in [6.07, 6.45) is 29.9. The first-order valence-corrected chi connectivity index (χ1v) is 18.8. The van der Waals surface area contributed by atoms with E-state index in [1.54, 1.807) is 6.92 Å². The highest BCUT2D eigenvalue weighted by atomic mass is 16.4. The van der Waals surface area contributed by atoms with Crippen LogP contribution in [0.4, 0.5) is 0 Å². The number of nitrogens with zero attached hydrogens (tertiary/aromatic N) is 1. The molecule has 0 spiro atoms. The van der Waals surface area contributed by atoms with Gasteiger partial charge in [-0.1, -0.05) is 130 Å². The van der Waals surface area contributed by atoms with Gasteiger partial charge in [0, 0.05) is 5.92 Å². The molecular formula is C38H71NO6. The lowest BCUT2D eigenvalue weighted by Gasteiger charge is -2.44. The fraction of sp³-hybridized carbons (Fsp3) is 0.868. The molecule has 0 aliphatic heterocycles. The van der Waals surface area contributed by atoms with Crippen LogP contribution in [0.5, 0.6) is 0 Å². The quantitative estimate of drug-likeness (QED) is 0.0422. The minimum absolute atomic E-state index is 0.199. The van der Waals surface area contributed by atoms with Crippen molar-refractivity contribution in [2.24, 2.45) is 17.8 Å². The minimum atomic E-state index is -1.14. The lowest BCUT2D eigenvalue weighted by molar-refractivity contribution is -0.935. The summed E-state index contributed by atoms with van der Waals surface area (Å²) in [5.41, 5.74) is 0. The number of carbonyl (C=O) groups excluding carboxylic acids is 1. The Morgan fingerprint density at radius 1 is 0.533 bits per heavy atom. The number of aliphatic carboxylic acids is 3. The number of quaternary nitrogens is 1. The highest BCUT2D eigenvalue weighted by Crippen LogP contribution is 2.25. The highest BCUT2D eigenvalue weighted by molar-refractivity contribution is 5.70. The maximum absolute atomic E-state index is 12.0. The van der Waals surface area contributed by atoms with Crippen molar-refractivity contribution in [1.82, 2.24) is 0 Å². The van der Waals surface area contributed by atoms with Gasteiger partial charge in [0.05, 0.1) is 32.1 Å². The predicted octanol–water partition coefficient (Wildman–Crippen LogP) is 8.79. The molecule has 3 unspecified atom stereocenters. The molecule has 2 N–H and O–H groups in total. The molecule has 0 aromatic heterocycles. The predicted molar refractivity (Wildman–Crippen MR) is 184 cm³/mol. The molecule has 0 amide bonds. The molecule has 0 aromatic carbocycles. The maximum Gasteiger partial charge on any atom is 0.312 e. The van der Waals surface area contributed by atoms with E-state index >= 15 is 0 Å². The fourth-order valence-electron chi connectivity index (χ4n) is 6.61. The van der Waals surface area contributed by atoms with Crippen molar-refractivity contribution in [3.8, 4) is 0 Å². The standard InChI is InChI=1S/C38H71NO6/c1-5-9-10-11-12-13-14-15-16-17-18-19-20-21-22-23-24-25-26-27-28-29-39(30-33(6-2)36(40)41,31-34(7-3)37(42)43)32-35(8-4)38(44)45/h24-25,33-35H,5-23,26-32H2,1-4H3,(H2-,40,41,42,43,44,45)/b25-24+. The molecule has 0 bridgehead atoms. The Kier molecular flexibility index (Phi) is 27.2. The number of hydrogen-bond donors (Lipinski definition) is 2. The van der Waals surface area contributed by atoms with E-state index in [4.69, 9.17) is 0 Å². The van der Waals surface area contributed by atoms with Crippen LogP contribution in [0.3, 0.4) is 0 Å². The van der Waals surface area contributed by atoms with Crippen LogP contribution in [0, 0.1) is 17.8 Å². The average molecular weight is 638 g/mol. The molecule has 0 aromatic rings. The fourth-order valence-corrected chi connectivity index (χ4v) is 6.61. The lowest BCUT2D eigenvalue weighted by atomic mass is 9.95. The van der Waals surface area contributed by atoms with Gasteiger partial charge in [-0.3, -0.25) is 9.59 Å². The molecule has 45 heavy (non-hydrogen) atoms. The number of allylic oxidation sites excluding steroid dienone is 2. The van der Waals surface area contributed by atoms with Gasteiger partial charge < -0.3 is 24.6 Å². The Hall–Kier alpha value is -1.89. The third-order valence-corrected chi connectivity index (χ3v) is 9.73. The zero-order valence-electron chi connectivity index (χ0n) is 29.7. The molecule has 0 saturated heterocycles. The Bertz CT molecular complexity index is 722. The molecule has 3 atom stereocenters. The first-order valence-electron chi connectivity index (χ1n) is 18.8. The number of carbonyl (C=O) groups is 3. The van der Waals surface area contributed by atoms with E-state index in [2.05, 4.69) is 19.1 Å². The summed E-state index contributed by atoms with van der Waals surface area (Å²) in [7, 11) is 0. The van der Waals surface area contributed by atoms with Gasteiger partial charge in [0.1, 0.15) is 11.8 Å². The number of unbranched alkanes of at least 4 members (excludes halogenated alkanes) is 17. The van der Waals surface area contributed by atoms with E-state index in [0.717, 1.165) is 25.7 Å². The summed E-state index contributed by atoms with van der Waals surface area (Å²) >= 11 is 0. The first-order chi connectivity index (χ1) is 21.7. The van der Waals surface area contributed by atoms with E-state index in [9.17, 15) is 29.7 Å².